The van der Waals surface area contributed by atoms with Crippen molar-refractivity contribution in [1.82, 2.24) is 4.90 Å². The normalized spacial score (nSPS) is 20.4. The Bertz CT molecular complexity index is 749. The molecule has 0 radical (unpaired) electrons. The van der Waals surface area contributed by atoms with Crippen LogP contribution in [-0.2, 0) is 14.3 Å². The SMILES string of the molecule is CC(C)(C)OC(=O)N1CC2(CC2)C[C@H]1C(=O)OCC(=O)c1ccc(I)cc1. The van der Waals surface area contributed by atoms with Gasteiger partial charge in [0.15, 0.2) is 12.4 Å². The lowest BCUT2D eigenvalue weighted by molar-refractivity contribution is -0.147. The maximum atomic E-state index is 12.6. The van der Waals surface area contributed by atoms with E-state index in [1.54, 1.807) is 32.9 Å². The third kappa shape index (κ3) is 5.00. The zero-order valence-electron chi connectivity index (χ0n) is 15.8. The number of rotatable bonds is 4. The van der Waals surface area contributed by atoms with Crippen molar-refractivity contribution >= 4 is 40.4 Å². The Labute approximate surface area is 172 Å². The number of hydrogen-bond donors (Lipinski definition) is 0. The minimum atomic E-state index is -0.688. The predicted molar refractivity (Wildman–Crippen MR) is 107 cm³/mol. The average molecular weight is 485 g/mol. The first-order valence-corrected chi connectivity index (χ1v) is 10.1. The molecule has 1 saturated heterocycles. The summed E-state index contributed by atoms with van der Waals surface area (Å²) in [5.74, 6) is -0.800. The van der Waals surface area contributed by atoms with Crippen molar-refractivity contribution in [1.29, 1.82) is 0 Å². The van der Waals surface area contributed by atoms with E-state index in [2.05, 4.69) is 22.6 Å². The smallest absolute Gasteiger partial charge is 0.411 e. The number of Topliss-reactive ketones (excluding diaryl/α,β-unsaturated/α-hetero) is 1. The third-order valence-electron chi connectivity index (χ3n) is 4.88. The van der Waals surface area contributed by atoms with Gasteiger partial charge in [0.2, 0.25) is 0 Å². The maximum absolute atomic E-state index is 12.6. The number of benzene rings is 1. The topological polar surface area (TPSA) is 72.9 Å². The summed E-state index contributed by atoms with van der Waals surface area (Å²) in [5.41, 5.74) is -0.121. The summed E-state index contributed by atoms with van der Waals surface area (Å²) in [5, 5.41) is 0. The van der Waals surface area contributed by atoms with Crippen LogP contribution >= 0.6 is 22.6 Å². The van der Waals surface area contributed by atoms with Gasteiger partial charge >= 0.3 is 12.1 Å². The van der Waals surface area contributed by atoms with Gasteiger partial charge < -0.3 is 9.47 Å². The molecular weight excluding hydrogens is 461 g/mol. The minimum Gasteiger partial charge on any atom is -0.456 e. The number of esters is 1. The van der Waals surface area contributed by atoms with Gasteiger partial charge in [-0.05, 0) is 80.2 Å². The first kappa shape index (κ1) is 20.1. The molecule has 146 valence electrons. The van der Waals surface area contributed by atoms with Crippen molar-refractivity contribution in [2.75, 3.05) is 13.2 Å². The lowest BCUT2D eigenvalue weighted by atomic mass is 10.0. The molecule has 1 heterocycles. The zero-order chi connectivity index (χ0) is 19.8. The summed E-state index contributed by atoms with van der Waals surface area (Å²) < 4.78 is 11.7. The second kappa shape index (κ2) is 7.41. The van der Waals surface area contributed by atoms with E-state index in [1.807, 2.05) is 12.1 Å². The van der Waals surface area contributed by atoms with Gasteiger partial charge in [-0.1, -0.05) is 12.1 Å². The molecule has 1 amide bonds. The van der Waals surface area contributed by atoms with Gasteiger partial charge in [-0.25, -0.2) is 9.59 Å². The molecule has 0 bridgehead atoms. The van der Waals surface area contributed by atoms with Gasteiger partial charge in [0.25, 0.3) is 0 Å². The van der Waals surface area contributed by atoms with Crippen LogP contribution in [0.25, 0.3) is 0 Å². The molecule has 1 aliphatic heterocycles. The molecule has 0 unspecified atom stereocenters. The number of nitrogens with zero attached hydrogens (tertiary/aromatic N) is 1. The zero-order valence-corrected chi connectivity index (χ0v) is 17.9. The average Bonchev–Trinajstić information content (AvgIpc) is 3.21. The first-order valence-electron chi connectivity index (χ1n) is 9.04. The molecule has 7 heteroatoms. The summed E-state index contributed by atoms with van der Waals surface area (Å²) in [4.78, 5) is 38.8. The summed E-state index contributed by atoms with van der Waals surface area (Å²) >= 11 is 2.16. The fourth-order valence-corrected chi connectivity index (χ4v) is 3.63. The van der Waals surface area contributed by atoms with Crippen molar-refractivity contribution < 1.29 is 23.9 Å². The highest BCUT2D eigenvalue weighted by Gasteiger charge is 2.56. The van der Waals surface area contributed by atoms with Gasteiger partial charge in [-0.15, -0.1) is 0 Å². The number of likely N-dealkylation sites (tertiary alicyclic amines) is 1. The molecule has 0 N–H and O–H groups in total. The monoisotopic (exact) mass is 485 g/mol. The predicted octanol–water partition coefficient (Wildman–Crippen LogP) is 3.81. The fourth-order valence-electron chi connectivity index (χ4n) is 3.27. The minimum absolute atomic E-state index is 0.0146. The van der Waals surface area contributed by atoms with Crippen LogP contribution < -0.4 is 0 Å². The van der Waals surface area contributed by atoms with Crippen LogP contribution in [-0.4, -0.2) is 47.5 Å². The number of halogens is 1. The molecule has 1 aromatic carbocycles. The summed E-state index contributed by atoms with van der Waals surface area (Å²) in [6.07, 6.45) is 2.06. The van der Waals surface area contributed by atoms with Crippen LogP contribution in [0.2, 0.25) is 0 Å². The van der Waals surface area contributed by atoms with Gasteiger partial charge in [-0.3, -0.25) is 9.69 Å². The van der Waals surface area contributed by atoms with Crippen molar-refractivity contribution in [3.8, 4) is 0 Å². The molecule has 0 aromatic heterocycles. The Kier molecular flexibility index (Phi) is 5.52. The number of ether oxygens (including phenoxy) is 2. The Morgan fingerprint density at radius 2 is 1.81 bits per heavy atom. The summed E-state index contributed by atoms with van der Waals surface area (Å²) in [6, 6.07) is 6.38. The Hall–Kier alpha value is -1.64. The highest BCUT2D eigenvalue weighted by Crippen LogP contribution is 2.55. The standard InChI is InChI=1S/C20H24INO5/c1-19(2,3)27-18(25)22-12-20(8-9-20)10-15(22)17(24)26-11-16(23)13-4-6-14(21)7-5-13/h4-7,15H,8-12H2,1-3H3/t15-/m0/s1. The van der Waals surface area contributed by atoms with Gasteiger partial charge in [0.1, 0.15) is 11.6 Å². The highest BCUT2D eigenvalue weighted by molar-refractivity contribution is 14.1. The van der Waals surface area contributed by atoms with E-state index in [1.165, 1.54) is 4.90 Å². The number of hydrogen-bond acceptors (Lipinski definition) is 5. The third-order valence-corrected chi connectivity index (χ3v) is 5.60. The highest BCUT2D eigenvalue weighted by atomic mass is 127. The molecule has 1 aliphatic carbocycles. The van der Waals surface area contributed by atoms with Crippen LogP contribution in [0.1, 0.15) is 50.4 Å². The molecule has 1 aromatic rings. The van der Waals surface area contributed by atoms with E-state index in [-0.39, 0.29) is 17.8 Å². The first-order chi connectivity index (χ1) is 12.6. The van der Waals surface area contributed by atoms with Crippen LogP contribution in [0.5, 0.6) is 0 Å². The number of carbonyl (C=O) groups excluding carboxylic acids is 3. The van der Waals surface area contributed by atoms with Gasteiger partial charge in [0, 0.05) is 15.7 Å². The molecule has 6 nitrogen and oxygen atoms in total. The molecule has 1 saturated carbocycles. The van der Waals surface area contributed by atoms with E-state index in [0.717, 1.165) is 16.4 Å². The van der Waals surface area contributed by atoms with Crippen LogP contribution in [0.3, 0.4) is 0 Å². The fraction of sp³-hybridized carbons (Fsp3) is 0.550. The summed E-state index contributed by atoms with van der Waals surface area (Å²) in [7, 11) is 0. The van der Waals surface area contributed by atoms with Crippen LogP contribution in [0, 0.1) is 8.99 Å². The molecule has 1 atom stereocenters. The second-order valence-corrected chi connectivity index (χ2v) is 9.61. The van der Waals surface area contributed by atoms with E-state index < -0.39 is 23.7 Å². The van der Waals surface area contributed by atoms with Gasteiger partial charge in [-0.2, -0.15) is 0 Å². The number of ketones is 1. The number of amides is 1. The van der Waals surface area contributed by atoms with Crippen LogP contribution in [0.15, 0.2) is 24.3 Å². The molecule has 27 heavy (non-hydrogen) atoms. The number of carbonyl (C=O) groups is 3. The Morgan fingerprint density at radius 3 is 2.37 bits per heavy atom. The van der Waals surface area contributed by atoms with E-state index in [9.17, 15) is 14.4 Å². The quantitative estimate of drug-likeness (QED) is 0.369. The Morgan fingerprint density at radius 1 is 1.19 bits per heavy atom. The van der Waals surface area contributed by atoms with Crippen molar-refractivity contribution in [2.24, 2.45) is 5.41 Å². The molecule has 3 rings (SSSR count). The van der Waals surface area contributed by atoms with E-state index in [0.29, 0.717) is 18.5 Å². The Balaban J connectivity index is 1.62. The van der Waals surface area contributed by atoms with E-state index in [4.69, 9.17) is 9.47 Å². The summed E-state index contributed by atoms with van der Waals surface area (Å²) in [6.45, 7) is 5.56. The molecule has 1 spiro atoms. The second-order valence-electron chi connectivity index (χ2n) is 8.37. The van der Waals surface area contributed by atoms with E-state index >= 15 is 0 Å². The molecule has 2 aliphatic rings. The lowest BCUT2D eigenvalue weighted by Crippen LogP contribution is -2.44. The molecule has 2 fully saturated rings. The van der Waals surface area contributed by atoms with Gasteiger partial charge in [0.05, 0.1) is 0 Å². The van der Waals surface area contributed by atoms with Crippen molar-refractivity contribution in [3.63, 3.8) is 0 Å². The largest absolute Gasteiger partial charge is 0.456 e. The van der Waals surface area contributed by atoms with Crippen molar-refractivity contribution in [3.05, 3.63) is 33.4 Å². The van der Waals surface area contributed by atoms with Crippen LogP contribution in [0.4, 0.5) is 4.79 Å². The maximum Gasteiger partial charge on any atom is 0.411 e. The van der Waals surface area contributed by atoms with Crippen molar-refractivity contribution in [2.45, 2.75) is 51.7 Å². The molecular formula is C20H24INO5. The lowest BCUT2D eigenvalue weighted by Gasteiger charge is -2.27.